The summed E-state index contributed by atoms with van der Waals surface area (Å²) in [5, 5.41) is 2.74. The van der Waals surface area contributed by atoms with Crippen LogP contribution in [0.2, 0.25) is 0 Å². The van der Waals surface area contributed by atoms with Crippen molar-refractivity contribution in [2.24, 2.45) is 5.92 Å². The first-order valence-corrected chi connectivity index (χ1v) is 10.5. The highest BCUT2D eigenvalue weighted by Crippen LogP contribution is 2.29. The largest absolute Gasteiger partial charge is 0.490 e. The van der Waals surface area contributed by atoms with E-state index in [1.165, 1.54) is 31.3 Å². The van der Waals surface area contributed by atoms with Gasteiger partial charge >= 0.3 is 0 Å². The fourth-order valence-corrected chi connectivity index (χ4v) is 3.06. The first-order valence-electron chi connectivity index (χ1n) is 9.01. The van der Waals surface area contributed by atoms with Crippen molar-refractivity contribution >= 4 is 21.6 Å². The van der Waals surface area contributed by atoms with E-state index in [9.17, 15) is 13.2 Å². The van der Waals surface area contributed by atoms with E-state index >= 15 is 0 Å². The quantitative estimate of drug-likeness (QED) is 0.667. The van der Waals surface area contributed by atoms with Crippen LogP contribution in [0.1, 0.15) is 31.1 Å². The van der Waals surface area contributed by atoms with Gasteiger partial charge in [0.25, 0.3) is 5.91 Å². The zero-order valence-corrected chi connectivity index (χ0v) is 17.3. The average Bonchev–Trinajstić information content (AvgIpc) is 2.67. The van der Waals surface area contributed by atoms with Gasteiger partial charge in [0, 0.05) is 11.3 Å². The molecule has 0 aliphatic carbocycles. The Bertz CT molecular complexity index is 909. The van der Waals surface area contributed by atoms with Crippen molar-refractivity contribution in [1.82, 2.24) is 4.72 Å². The normalized spacial score (nSPS) is 11.3. The van der Waals surface area contributed by atoms with Gasteiger partial charge in [0.05, 0.1) is 18.1 Å². The highest BCUT2D eigenvalue weighted by atomic mass is 32.2. The molecule has 0 saturated heterocycles. The SMILES string of the molecule is CCOc1cc(C(=O)Nc2ccc(S(=O)(=O)NC)cc2)ccc1OCC(C)C. The number of benzene rings is 2. The van der Waals surface area contributed by atoms with Gasteiger partial charge in [-0.1, -0.05) is 13.8 Å². The molecule has 0 heterocycles. The maximum absolute atomic E-state index is 12.5. The molecule has 2 aromatic carbocycles. The lowest BCUT2D eigenvalue weighted by Crippen LogP contribution is -2.18. The molecule has 0 unspecified atom stereocenters. The van der Waals surface area contributed by atoms with Crippen LogP contribution in [-0.2, 0) is 10.0 Å². The average molecular weight is 407 g/mol. The van der Waals surface area contributed by atoms with Crippen LogP contribution in [0.25, 0.3) is 0 Å². The number of hydrogen-bond acceptors (Lipinski definition) is 5. The molecule has 2 aromatic rings. The van der Waals surface area contributed by atoms with Crippen LogP contribution >= 0.6 is 0 Å². The van der Waals surface area contributed by atoms with Gasteiger partial charge in [-0.05, 0) is 62.4 Å². The van der Waals surface area contributed by atoms with Crippen molar-refractivity contribution < 1.29 is 22.7 Å². The summed E-state index contributed by atoms with van der Waals surface area (Å²) in [5.74, 6) is 1.13. The molecule has 0 bridgehead atoms. The van der Waals surface area contributed by atoms with Gasteiger partial charge in [-0.15, -0.1) is 0 Å². The molecule has 0 fully saturated rings. The molecule has 2 N–H and O–H groups in total. The van der Waals surface area contributed by atoms with Crippen LogP contribution < -0.4 is 19.5 Å². The first-order chi connectivity index (χ1) is 13.3. The molecule has 0 aromatic heterocycles. The minimum absolute atomic E-state index is 0.123. The van der Waals surface area contributed by atoms with E-state index in [-0.39, 0.29) is 10.8 Å². The summed E-state index contributed by atoms with van der Waals surface area (Å²) >= 11 is 0. The smallest absolute Gasteiger partial charge is 0.255 e. The summed E-state index contributed by atoms with van der Waals surface area (Å²) < 4.78 is 37.1. The molecular weight excluding hydrogens is 380 g/mol. The number of rotatable bonds is 9. The van der Waals surface area contributed by atoms with Crippen LogP contribution in [0, 0.1) is 5.92 Å². The van der Waals surface area contributed by atoms with Crippen molar-refractivity contribution in [2.75, 3.05) is 25.6 Å². The summed E-state index contributed by atoms with van der Waals surface area (Å²) in [6, 6.07) is 10.9. The fraction of sp³-hybridized carbons (Fsp3) is 0.350. The number of carbonyl (C=O) groups is 1. The Morgan fingerprint density at radius 3 is 2.29 bits per heavy atom. The van der Waals surface area contributed by atoms with E-state index in [0.29, 0.717) is 41.9 Å². The predicted molar refractivity (Wildman–Crippen MR) is 109 cm³/mol. The summed E-state index contributed by atoms with van der Waals surface area (Å²) in [6.07, 6.45) is 0. The van der Waals surface area contributed by atoms with Crippen molar-refractivity contribution in [2.45, 2.75) is 25.7 Å². The van der Waals surface area contributed by atoms with E-state index < -0.39 is 10.0 Å². The Morgan fingerprint density at radius 1 is 1.04 bits per heavy atom. The van der Waals surface area contributed by atoms with Crippen LogP contribution in [0.4, 0.5) is 5.69 Å². The number of ether oxygens (including phenoxy) is 2. The maximum atomic E-state index is 12.5. The van der Waals surface area contributed by atoms with Crippen molar-refractivity contribution in [1.29, 1.82) is 0 Å². The molecule has 0 aliphatic heterocycles. The lowest BCUT2D eigenvalue weighted by Gasteiger charge is -2.14. The topological polar surface area (TPSA) is 93.7 Å². The Labute approximate surface area is 166 Å². The van der Waals surface area contributed by atoms with E-state index in [1.54, 1.807) is 18.2 Å². The molecule has 0 atom stereocenters. The van der Waals surface area contributed by atoms with Crippen molar-refractivity contribution in [3.8, 4) is 11.5 Å². The predicted octanol–water partition coefficient (Wildman–Crippen LogP) is 3.28. The molecule has 8 heteroatoms. The van der Waals surface area contributed by atoms with Crippen molar-refractivity contribution in [3.63, 3.8) is 0 Å². The third-order valence-electron chi connectivity index (χ3n) is 3.77. The maximum Gasteiger partial charge on any atom is 0.255 e. The van der Waals surface area contributed by atoms with Gasteiger partial charge in [-0.25, -0.2) is 13.1 Å². The number of carbonyl (C=O) groups excluding carboxylic acids is 1. The molecule has 0 aliphatic rings. The molecule has 2 rings (SSSR count). The van der Waals surface area contributed by atoms with Crippen LogP contribution in [0.3, 0.4) is 0 Å². The molecule has 1 amide bonds. The molecular formula is C20H26N2O5S. The number of hydrogen-bond donors (Lipinski definition) is 2. The summed E-state index contributed by atoms with van der Waals surface area (Å²) in [7, 11) is -2.17. The first kappa shape index (κ1) is 21.7. The molecule has 0 radical (unpaired) electrons. The highest BCUT2D eigenvalue weighted by molar-refractivity contribution is 7.89. The second-order valence-corrected chi connectivity index (χ2v) is 8.37. The number of sulfonamides is 1. The second-order valence-electron chi connectivity index (χ2n) is 6.49. The third kappa shape index (κ3) is 5.71. The second kappa shape index (κ2) is 9.57. The Morgan fingerprint density at radius 2 is 1.71 bits per heavy atom. The third-order valence-corrected chi connectivity index (χ3v) is 5.20. The lowest BCUT2D eigenvalue weighted by atomic mass is 10.1. The van der Waals surface area contributed by atoms with Gasteiger partial charge in [-0.3, -0.25) is 4.79 Å². The minimum atomic E-state index is -3.52. The van der Waals surface area contributed by atoms with E-state index in [1.807, 2.05) is 6.92 Å². The molecule has 28 heavy (non-hydrogen) atoms. The monoisotopic (exact) mass is 406 g/mol. The fourth-order valence-electron chi connectivity index (χ4n) is 2.33. The van der Waals surface area contributed by atoms with E-state index in [4.69, 9.17) is 9.47 Å². The van der Waals surface area contributed by atoms with Gasteiger partial charge in [-0.2, -0.15) is 0 Å². The molecule has 7 nitrogen and oxygen atoms in total. The Balaban J connectivity index is 2.16. The van der Waals surface area contributed by atoms with Gasteiger partial charge in [0.15, 0.2) is 11.5 Å². The zero-order valence-electron chi connectivity index (χ0n) is 16.5. The van der Waals surface area contributed by atoms with Crippen LogP contribution in [0.15, 0.2) is 47.4 Å². The molecule has 0 spiro atoms. The summed E-state index contributed by atoms with van der Waals surface area (Å²) in [4.78, 5) is 12.7. The molecule has 152 valence electrons. The van der Waals surface area contributed by atoms with Crippen LogP contribution in [0.5, 0.6) is 11.5 Å². The number of amides is 1. The molecule has 0 saturated carbocycles. The minimum Gasteiger partial charge on any atom is -0.490 e. The van der Waals surface area contributed by atoms with E-state index in [0.717, 1.165) is 0 Å². The van der Waals surface area contributed by atoms with Gasteiger partial charge in [0.1, 0.15) is 0 Å². The standard InChI is InChI=1S/C20H26N2O5S/c1-5-26-19-12-15(6-11-18(19)27-13-14(2)3)20(23)22-16-7-9-17(10-8-16)28(24,25)21-4/h6-12,14,21H,5,13H2,1-4H3,(H,22,23). The van der Waals surface area contributed by atoms with Crippen molar-refractivity contribution in [3.05, 3.63) is 48.0 Å². The van der Waals surface area contributed by atoms with Crippen LogP contribution in [-0.4, -0.2) is 34.6 Å². The van der Waals surface area contributed by atoms with Gasteiger partial charge in [0.2, 0.25) is 10.0 Å². The zero-order chi connectivity index (χ0) is 20.7. The highest BCUT2D eigenvalue weighted by Gasteiger charge is 2.14. The summed E-state index contributed by atoms with van der Waals surface area (Å²) in [5.41, 5.74) is 0.894. The Kier molecular flexibility index (Phi) is 7.42. The lowest BCUT2D eigenvalue weighted by molar-refractivity contribution is 0.102. The number of nitrogens with one attached hydrogen (secondary N) is 2. The number of anilines is 1. The summed E-state index contributed by atoms with van der Waals surface area (Å²) in [6.45, 7) is 6.96. The van der Waals surface area contributed by atoms with E-state index in [2.05, 4.69) is 23.9 Å². The Hall–Kier alpha value is -2.58. The van der Waals surface area contributed by atoms with Gasteiger partial charge < -0.3 is 14.8 Å².